The van der Waals surface area contributed by atoms with Gasteiger partial charge in [-0.15, -0.1) is 0 Å². The zero-order valence-electron chi connectivity index (χ0n) is 12.5. The molecule has 2 aliphatic heterocycles. The minimum absolute atomic E-state index is 0.251. The summed E-state index contributed by atoms with van der Waals surface area (Å²) >= 11 is 0. The molecule has 3 heterocycles. The third-order valence-corrected chi connectivity index (χ3v) is 5.05. The van der Waals surface area contributed by atoms with E-state index < -0.39 is 0 Å². The average Bonchev–Trinajstić information content (AvgIpc) is 2.96. The van der Waals surface area contributed by atoms with Crippen molar-refractivity contribution >= 4 is 16.8 Å². The van der Waals surface area contributed by atoms with Crippen LogP contribution in [0.3, 0.4) is 0 Å². The van der Waals surface area contributed by atoms with Crippen molar-refractivity contribution in [1.82, 2.24) is 10.1 Å². The van der Waals surface area contributed by atoms with E-state index >= 15 is 0 Å². The maximum absolute atomic E-state index is 13.5. The number of hydrogen-bond donors (Lipinski definition) is 1. The molecule has 0 saturated carbocycles. The van der Waals surface area contributed by atoms with Crippen LogP contribution in [0.25, 0.3) is 11.0 Å². The molecule has 2 atom stereocenters. The molecule has 0 spiro atoms. The van der Waals surface area contributed by atoms with Gasteiger partial charge in [-0.1, -0.05) is 5.16 Å². The summed E-state index contributed by atoms with van der Waals surface area (Å²) in [5.41, 5.74) is 6.46. The van der Waals surface area contributed by atoms with Gasteiger partial charge in [0, 0.05) is 32.2 Å². The highest BCUT2D eigenvalue weighted by Crippen LogP contribution is 2.31. The largest absolute Gasteiger partial charge is 0.354 e. The number of halogens is 1. The number of piperazine rings is 1. The number of benzene rings is 1. The Morgan fingerprint density at radius 3 is 3.05 bits per heavy atom. The normalized spacial score (nSPS) is 26.4. The van der Waals surface area contributed by atoms with E-state index in [1.165, 1.54) is 25.0 Å². The molecule has 2 aliphatic rings. The summed E-state index contributed by atoms with van der Waals surface area (Å²) in [6, 6.07) is 5.10. The van der Waals surface area contributed by atoms with E-state index in [0.717, 1.165) is 43.9 Å². The van der Waals surface area contributed by atoms with Crippen molar-refractivity contribution in [3.63, 3.8) is 0 Å². The van der Waals surface area contributed by atoms with E-state index in [9.17, 15) is 4.39 Å². The van der Waals surface area contributed by atoms with E-state index in [1.54, 1.807) is 6.07 Å². The molecular formula is C16H21FN4O. The van der Waals surface area contributed by atoms with Crippen molar-refractivity contribution in [3.05, 3.63) is 24.0 Å². The van der Waals surface area contributed by atoms with Gasteiger partial charge in [-0.25, -0.2) is 4.39 Å². The lowest BCUT2D eigenvalue weighted by atomic mass is 9.91. The van der Waals surface area contributed by atoms with Gasteiger partial charge in [0.15, 0.2) is 11.4 Å². The van der Waals surface area contributed by atoms with E-state index in [2.05, 4.69) is 15.0 Å². The van der Waals surface area contributed by atoms with Gasteiger partial charge in [-0.2, -0.15) is 0 Å². The van der Waals surface area contributed by atoms with Gasteiger partial charge in [0.05, 0.1) is 5.39 Å². The van der Waals surface area contributed by atoms with E-state index in [1.807, 2.05) is 0 Å². The highest BCUT2D eigenvalue weighted by Gasteiger charge is 2.33. The predicted molar refractivity (Wildman–Crippen MR) is 83.3 cm³/mol. The maximum Gasteiger partial charge on any atom is 0.180 e. The molecule has 0 unspecified atom stereocenters. The molecule has 2 N–H and O–H groups in total. The van der Waals surface area contributed by atoms with Crippen LogP contribution >= 0.6 is 0 Å². The molecule has 2 fully saturated rings. The molecule has 1 aromatic carbocycles. The molecule has 6 heteroatoms. The number of piperidine rings is 1. The number of aromatic nitrogens is 1. The van der Waals surface area contributed by atoms with Crippen molar-refractivity contribution in [2.45, 2.75) is 18.9 Å². The zero-order valence-corrected chi connectivity index (χ0v) is 12.5. The average molecular weight is 304 g/mol. The molecule has 0 aliphatic carbocycles. The first-order valence-corrected chi connectivity index (χ1v) is 7.98. The number of fused-ring (bicyclic) bond motifs is 2. The summed E-state index contributed by atoms with van der Waals surface area (Å²) in [5.74, 6) is 1.15. The monoisotopic (exact) mass is 304 g/mol. The Labute approximate surface area is 128 Å². The maximum atomic E-state index is 13.5. The van der Waals surface area contributed by atoms with Crippen LogP contribution in [0.2, 0.25) is 0 Å². The topological polar surface area (TPSA) is 58.5 Å². The molecule has 5 nitrogen and oxygen atoms in total. The summed E-state index contributed by atoms with van der Waals surface area (Å²) in [5, 5.41) is 4.94. The first kappa shape index (κ1) is 14.0. The van der Waals surface area contributed by atoms with Crippen LogP contribution in [-0.2, 0) is 0 Å². The van der Waals surface area contributed by atoms with Crippen LogP contribution in [0, 0.1) is 11.7 Å². The lowest BCUT2D eigenvalue weighted by Gasteiger charge is -2.46. The molecule has 2 aromatic rings. The lowest BCUT2D eigenvalue weighted by molar-refractivity contribution is 0.0981. The third kappa shape index (κ3) is 2.36. The van der Waals surface area contributed by atoms with Gasteiger partial charge >= 0.3 is 0 Å². The number of nitrogens with zero attached hydrogens (tertiary/aromatic N) is 3. The molecular weight excluding hydrogens is 283 g/mol. The van der Waals surface area contributed by atoms with Crippen molar-refractivity contribution in [2.75, 3.05) is 37.6 Å². The summed E-state index contributed by atoms with van der Waals surface area (Å²) in [6.45, 7) is 4.70. The van der Waals surface area contributed by atoms with Crippen LogP contribution in [-0.4, -0.2) is 48.8 Å². The number of anilines is 1. The van der Waals surface area contributed by atoms with Crippen molar-refractivity contribution < 1.29 is 8.91 Å². The van der Waals surface area contributed by atoms with Crippen LogP contribution in [0.15, 0.2) is 22.7 Å². The Hall–Kier alpha value is -1.66. The summed E-state index contributed by atoms with van der Waals surface area (Å²) < 4.78 is 18.8. The quantitative estimate of drug-likeness (QED) is 0.917. The van der Waals surface area contributed by atoms with Crippen molar-refractivity contribution in [1.29, 1.82) is 0 Å². The van der Waals surface area contributed by atoms with E-state index in [4.69, 9.17) is 10.3 Å². The highest BCUT2D eigenvalue weighted by molar-refractivity contribution is 5.88. The lowest BCUT2D eigenvalue weighted by Crippen LogP contribution is -2.57. The molecule has 0 radical (unpaired) electrons. The fourth-order valence-electron chi connectivity index (χ4n) is 3.77. The van der Waals surface area contributed by atoms with Gasteiger partial charge in [-0.3, -0.25) is 4.90 Å². The van der Waals surface area contributed by atoms with Crippen molar-refractivity contribution in [3.8, 4) is 0 Å². The molecule has 2 saturated heterocycles. The Bertz CT molecular complexity index is 673. The summed E-state index contributed by atoms with van der Waals surface area (Å²) in [7, 11) is 0. The minimum atomic E-state index is -0.251. The van der Waals surface area contributed by atoms with Gasteiger partial charge < -0.3 is 15.2 Å². The first-order chi connectivity index (χ1) is 10.7. The Morgan fingerprint density at radius 1 is 1.27 bits per heavy atom. The third-order valence-electron chi connectivity index (χ3n) is 5.05. The Kier molecular flexibility index (Phi) is 3.50. The summed E-state index contributed by atoms with van der Waals surface area (Å²) in [6.07, 6.45) is 2.36. The molecule has 0 amide bonds. The fraction of sp³-hybridized carbons (Fsp3) is 0.562. The van der Waals surface area contributed by atoms with Gasteiger partial charge in [-0.05, 0) is 43.5 Å². The molecule has 4 rings (SSSR count). The van der Waals surface area contributed by atoms with Gasteiger partial charge in [0.25, 0.3) is 0 Å². The predicted octanol–water partition coefficient (Wildman–Crippen LogP) is 1.83. The molecule has 118 valence electrons. The van der Waals surface area contributed by atoms with Crippen molar-refractivity contribution in [2.24, 2.45) is 11.7 Å². The zero-order chi connectivity index (χ0) is 15.1. The SMILES string of the molecule is NC[C@@H]1CC[C@H]2CN(c3noc4ccc(F)cc34)CCN2C1. The number of rotatable bonds is 2. The second kappa shape index (κ2) is 5.52. The van der Waals surface area contributed by atoms with Gasteiger partial charge in [0.1, 0.15) is 5.82 Å². The Balaban J connectivity index is 1.56. The Morgan fingerprint density at radius 2 is 2.18 bits per heavy atom. The molecule has 0 bridgehead atoms. The minimum Gasteiger partial charge on any atom is -0.354 e. The highest BCUT2D eigenvalue weighted by atomic mass is 19.1. The standard InChI is InChI=1S/C16H21FN4O/c17-12-2-4-15-14(7-12)16(19-22-15)21-6-5-20-9-11(8-18)1-3-13(20)10-21/h2,4,7,11,13H,1,3,5-6,8-10,18H2/t11-,13-/m0/s1. The second-order valence-corrected chi connectivity index (χ2v) is 6.42. The second-order valence-electron chi connectivity index (χ2n) is 6.42. The first-order valence-electron chi connectivity index (χ1n) is 7.98. The van der Waals surface area contributed by atoms with Crippen LogP contribution in [0.4, 0.5) is 10.2 Å². The van der Waals surface area contributed by atoms with Gasteiger partial charge in [0.2, 0.25) is 0 Å². The molecule has 1 aromatic heterocycles. The van der Waals surface area contributed by atoms with E-state index in [-0.39, 0.29) is 5.82 Å². The van der Waals surface area contributed by atoms with Crippen LogP contribution < -0.4 is 10.6 Å². The van der Waals surface area contributed by atoms with Crippen LogP contribution in [0.5, 0.6) is 0 Å². The fourth-order valence-corrected chi connectivity index (χ4v) is 3.77. The summed E-state index contributed by atoms with van der Waals surface area (Å²) in [4.78, 5) is 4.77. The number of nitrogens with two attached hydrogens (primary N) is 1. The molecule has 22 heavy (non-hydrogen) atoms. The van der Waals surface area contributed by atoms with E-state index in [0.29, 0.717) is 17.5 Å². The smallest absolute Gasteiger partial charge is 0.180 e. The van der Waals surface area contributed by atoms with Crippen LogP contribution in [0.1, 0.15) is 12.8 Å². The number of hydrogen-bond acceptors (Lipinski definition) is 5.